The third kappa shape index (κ3) is 10.7. The number of ether oxygens (including phenoxy) is 1. The highest BCUT2D eigenvalue weighted by Crippen LogP contribution is 2.37. The van der Waals surface area contributed by atoms with Gasteiger partial charge in [-0.25, -0.2) is 31.0 Å². The number of nitrogens with one attached hydrogen (secondary N) is 2. The number of alkyl halides is 2. The van der Waals surface area contributed by atoms with Crippen molar-refractivity contribution >= 4 is 57.5 Å². The summed E-state index contributed by atoms with van der Waals surface area (Å²) in [5.74, 6) is -8.33. The molecule has 3 aliphatic rings. The molecule has 9 rings (SSSR count). The maximum Gasteiger partial charge on any atom is 0.351 e. The summed E-state index contributed by atoms with van der Waals surface area (Å²) >= 11 is 0. The van der Waals surface area contributed by atoms with E-state index in [-0.39, 0.29) is 56.6 Å². The fourth-order valence-electron chi connectivity index (χ4n) is 9.47. The number of nitriles is 1. The van der Waals surface area contributed by atoms with Gasteiger partial charge in [-0.3, -0.25) is 29.1 Å². The molecule has 16 nitrogen and oxygen atoms in total. The van der Waals surface area contributed by atoms with Crippen molar-refractivity contribution in [2.45, 2.75) is 75.2 Å². The lowest BCUT2D eigenvalue weighted by Crippen LogP contribution is -2.46. The second kappa shape index (κ2) is 20.4. The number of halogens is 4. The molecule has 3 aliphatic heterocycles. The van der Waals surface area contributed by atoms with E-state index in [1.54, 1.807) is 41.6 Å². The highest BCUT2D eigenvalue weighted by atomic mass is 32.2. The minimum Gasteiger partial charge on any atom is -0.480 e. The number of carbonyl (C=O) groups excluding carboxylic acids is 4. The molecule has 374 valence electrons. The van der Waals surface area contributed by atoms with Gasteiger partial charge in [0.2, 0.25) is 23.6 Å². The SMILES string of the molecule is COc1ncc(-c2ccc3nccc(-c4ccc(COBC(=O)C(C)Cc5cccc6c5CN(C(=O)C[C@@H]5C[C@@H](C(=O)N7CC(F)(F)C[C@H]7C#N)NC5=O)C6)nc4)c3c2)cc1NS(=O)(=O)c1ccc(F)cc1F. The number of hydrogen-bond acceptors (Lipinski definition) is 12. The number of hydrogen-bond donors (Lipinski definition) is 2. The van der Waals surface area contributed by atoms with Gasteiger partial charge in [-0.15, -0.1) is 0 Å². The number of nitrogens with zero attached hydrogens (tertiary/aromatic N) is 6. The van der Waals surface area contributed by atoms with Crippen LogP contribution in [0.3, 0.4) is 0 Å². The molecule has 73 heavy (non-hydrogen) atoms. The molecule has 3 amide bonds. The number of fused-ring (bicyclic) bond motifs is 2. The zero-order chi connectivity index (χ0) is 51.8. The fourth-order valence-corrected chi connectivity index (χ4v) is 10.6. The minimum absolute atomic E-state index is 0.0504. The minimum atomic E-state index is -4.51. The predicted octanol–water partition coefficient (Wildman–Crippen LogP) is 6.22. The van der Waals surface area contributed by atoms with Crippen molar-refractivity contribution in [1.29, 1.82) is 5.26 Å². The number of methoxy groups -OCH3 is 1. The Hall–Kier alpha value is -7.77. The fraction of sp³-hybridized carbons (Fsp3) is 0.294. The second-order valence-corrected chi connectivity index (χ2v) is 20.0. The van der Waals surface area contributed by atoms with Gasteiger partial charge in [0.1, 0.15) is 40.0 Å². The highest BCUT2D eigenvalue weighted by Gasteiger charge is 2.50. The summed E-state index contributed by atoms with van der Waals surface area (Å²) < 4.78 is 95.7. The van der Waals surface area contributed by atoms with E-state index in [9.17, 15) is 50.4 Å². The summed E-state index contributed by atoms with van der Waals surface area (Å²) in [6.45, 7) is 1.53. The first-order chi connectivity index (χ1) is 34.9. The van der Waals surface area contributed by atoms with Crippen LogP contribution in [0.25, 0.3) is 33.2 Å². The van der Waals surface area contributed by atoms with E-state index in [2.05, 4.69) is 25.0 Å². The van der Waals surface area contributed by atoms with Crippen LogP contribution in [0.2, 0.25) is 0 Å². The molecule has 2 N–H and O–H groups in total. The van der Waals surface area contributed by atoms with Crippen molar-refractivity contribution in [1.82, 2.24) is 30.1 Å². The quantitative estimate of drug-likeness (QED) is 0.0818. The molecule has 1 unspecified atom stereocenters. The van der Waals surface area contributed by atoms with Crippen LogP contribution in [-0.4, -0.2) is 95.7 Å². The van der Waals surface area contributed by atoms with E-state index in [1.807, 2.05) is 43.3 Å². The molecule has 6 heterocycles. The standard InChI is InChI=1S/C51H45BF4N8O8S/c1-28(14-30-4-3-5-32-24-63(25-40(30)32)46(65)18-33-16-44(61-48(33)67)50(68)64-27-51(55,56)20-37(64)21-57)47(66)52-72-26-36-9-6-31(22-59-36)38-12-13-58-42-10-7-29(15-39(38)42)34-17-43(49(71-2)60-23-34)62-73(69,70)45-11-8-35(53)19-41(45)54/h3-13,15,17,19,22-23,28,33,37,44,52,62H,14,16,18,20,24-27H2,1-2H3,(H,61,67)/t28?,33-,37-,44-/m0/s1. The molecule has 0 saturated carbocycles. The van der Waals surface area contributed by atoms with Gasteiger partial charge in [0.25, 0.3) is 15.9 Å². The lowest BCUT2D eigenvalue weighted by molar-refractivity contribution is -0.135. The van der Waals surface area contributed by atoms with Gasteiger partial charge in [-0.1, -0.05) is 37.3 Å². The monoisotopic (exact) mass is 1020 g/mol. The number of amides is 3. The van der Waals surface area contributed by atoms with E-state index in [0.29, 0.717) is 41.4 Å². The number of carbonyl (C=O) groups is 4. The van der Waals surface area contributed by atoms with Crippen LogP contribution in [0.15, 0.2) is 102 Å². The number of pyridine rings is 3. The number of aromatic nitrogens is 3. The van der Waals surface area contributed by atoms with Crippen molar-refractivity contribution in [3.8, 4) is 34.2 Å². The summed E-state index contributed by atoms with van der Waals surface area (Å²) in [5.41, 5.74) is 6.44. The molecule has 3 aromatic heterocycles. The van der Waals surface area contributed by atoms with Gasteiger partial charge in [-0.05, 0) is 83.1 Å². The molecule has 0 radical (unpaired) electrons. The third-order valence-electron chi connectivity index (χ3n) is 13.3. The van der Waals surface area contributed by atoms with Crippen LogP contribution >= 0.6 is 0 Å². The number of sulfonamides is 1. The molecule has 0 spiro atoms. The van der Waals surface area contributed by atoms with Crippen LogP contribution in [-0.2, 0) is 60.0 Å². The van der Waals surface area contributed by atoms with Gasteiger partial charge >= 0.3 is 7.48 Å². The van der Waals surface area contributed by atoms with E-state index in [0.717, 1.165) is 50.2 Å². The number of anilines is 1. The smallest absolute Gasteiger partial charge is 0.351 e. The van der Waals surface area contributed by atoms with Gasteiger partial charge in [-0.2, -0.15) is 5.26 Å². The maximum atomic E-state index is 14.5. The average molecular weight is 1020 g/mol. The predicted molar refractivity (Wildman–Crippen MR) is 258 cm³/mol. The number of benzene rings is 3. The zero-order valence-corrected chi connectivity index (χ0v) is 40.1. The summed E-state index contributed by atoms with van der Waals surface area (Å²) in [4.78, 5) is 67.8. The van der Waals surface area contributed by atoms with Crippen LogP contribution in [0.5, 0.6) is 5.88 Å². The van der Waals surface area contributed by atoms with Crippen LogP contribution < -0.4 is 14.8 Å². The number of rotatable bonds is 16. The van der Waals surface area contributed by atoms with E-state index in [4.69, 9.17) is 9.39 Å². The van der Waals surface area contributed by atoms with Crippen molar-refractivity contribution in [3.05, 3.63) is 131 Å². The summed E-state index contributed by atoms with van der Waals surface area (Å²) in [6.07, 6.45) is 4.23. The molecule has 3 aromatic carbocycles. The van der Waals surface area contributed by atoms with Crippen molar-refractivity contribution < 1.29 is 54.5 Å². The van der Waals surface area contributed by atoms with E-state index >= 15 is 0 Å². The average Bonchev–Trinajstić information content (AvgIpc) is 4.07. The molecule has 2 saturated heterocycles. The Labute approximate surface area is 417 Å². The first-order valence-electron chi connectivity index (χ1n) is 23.1. The van der Waals surface area contributed by atoms with Crippen molar-refractivity contribution in [2.75, 3.05) is 18.4 Å². The lowest BCUT2D eigenvalue weighted by atomic mass is 9.80. The Morgan fingerprint density at radius 3 is 2.53 bits per heavy atom. The third-order valence-corrected chi connectivity index (χ3v) is 14.7. The molecule has 6 aromatic rings. The zero-order valence-electron chi connectivity index (χ0n) is 39.3. The maximum absolute atomic E-state index is 14.5. The second-order valence-electron chi connectivity index (χ2n) is 18.3. The van der Waals surface area contributed by atoms with Crippen LogP contribution in [0.1, 0.15) is 48.6 Å². The first kappa shape index (κ1) is 50.2. The van der Waals surface area contributed by atoms with Crippen LogP contribution in [0, 0.1) is 34.8 Å². The van der Waals surface area contributed by atoms with E-state index in [1.165, 1.54) is 19.4 Å². The Morgan fingerprint density at radius 2 is 1.78 bits per heavy atom. The summed E-state index contributed by atoms with van der Waals surface area (Å²) in [7, 11) is -3.38. The van der Waals surface area contributed by atoms with Gasteiger partial charge in [0, 0.05) is 78.9 Å². The largest absolute Gasteiger partial charge is 0.480 e. The van der Waals surface area contributed by atoms with Gasteiger partial charge < -0.3 is 29.3 Å². The molecular weight excluding hydrogens is 971 g/mol. The van der Waals surface area contributed by atoms with Gasteiger partial charge in [0.15, 0.2) is 0 Å². The van der Waals surface area contributed by atoms with E-state index < -0.39 is 81.2 Å². The number of likely N-dealkylation sites (tertiary alicyclic amines) is 1. The topological polar surface area (TPSA) is 214 Å². The normalized spacial score (nSPS) is 18.5. The molecule has 4 atom stereocenters. The Balaban J connectivity index is 0.787. The molecule has 0 aliphatic carbocycles. The van der Waals surface area contributed by atoms with Crippen LogP contribution in [0.4, 0.5) is 23.2 Å². The summed E-state index contributed by atoms with van der Waals surface area (Å²) in [5, 5.41) is 12.6. The summed E-state index contributed by atoms with van der Waals surface area (Å²) in [6, 6.07) is 19.6. The highest BCUT2D eigenvalue weighted by molar-refractivity contribution is 7.92. The Morgan fingerprint density at radius 1 is 0.986 bits per heavy atom. The molecule has 2 fully saturated rings. The molecule has 22 heteroatoms. The van der Waals surface area contributed by atoms with Crippen molar-refractivity contribution in [3.63, 3.8) is 0 Å². The first-order valence-corrected chi connectivity index (χ1v) is 24.6. The molecular formula is C51H45BF4N8O8S. The van der Waals surface area contributed by atoms with Gasteiger partial charge in [0.05, 0.1) is 37.5 Å². The molecule has 0 bridgehead atoms. The lowest BCUT2D eigenvalue weighted by Gasteiger charge is -2.22. The van der Waals surface area contributed by atoms with Crippen molar-refractivity contribution in [2.24, 2.45) is 11.8 Å². The Bertz CT molecular complexity index is 3350. The Kier molecular flexibility index (Phi) is 14.0.